The van der Waals surface area contributed by atoms with Crippen LogP contribution in [0.15, 0.2) is 60.9 Å². The third-order valence-electron chi connectivity index (χ3n) is 5.80. The van der Waals surface area contributed by atoms with E-state index in [9.17, 15) is 18.0 Å². The zero-order valence-corrected chi connectivity index (χ0v) is 20.7. The second-order valence-corrected chi connectivity index (χ2v) is 8.47. The van der Waals surface area contributed by atoms with Gasteiger partial charge < -0.3 is 15.8 Å². The fourth-order valence-corrected chi connectivity index (χ4v) is 3.97. The lowest BCUT2D eigenvalue weighted by molar-refractivity contribution is -0.142. The van der Waals surface area contributed by atoms with Gasteiger partial charge in [0.25, 0.3) is 5.91 Å². The van der Waals surface area contributed by atoms with E-state index in [4.69, 9.17) is 10.5 Å². The molecule has 4 heterocycles. The van der Waals surface area contributed by atoms with Crippen molar-refractivity contribution in [3.8, 4) is 28.4 Å². The average molecular weight is 535 g/mol. The quantitative estimate of drug-likeness (QED) is 0.334. The Morgan fingerprint density at radius 3 is 2.62 bits per heavy atom. The van der Waals surface area contributed by atoms with Crippen molar-refractivity contribution < 1.29 is 22.7 Å². The fourth-order valence-electron chi connectivity index (χ4n) is 3.97. The number of nitrogens with one attached hydrogen (secondary N) is 1. The fraction of sp³-hybridized carbons (Fsp3) is 0.154. The van der Waals surface area contributed by atoms with Crippen molar-refractivity contribution in [2.24, 2.45) is 7.05 Å². The van der Waals surface area contributed by atoms with Crippen molar-refractivity contribution >= 4 is 22.6 Å². The van der Waals surface area contributed by atoms with Crippen LogP contribution in [0.5, 0.6) is 5.75 Å². The minimum Gasteiger partial charge on any atom is -0.494 e. The van der Waals surface area contributed by atoms with Gasteiger partial charge in [-0.1, -0.05) is 12.1 Å². The molecule has 13 heteroatoms. The molecule has 5 rings (SSSR count). The summed E-state index contributed by atoms with van der Waals surface area (Å²) in [6.07, 6.45) is -1.31. The standard InChI is InChI=1S/C26H21F3N8O2/c1-37-11-9-18(36-37)21-20(15-5-7-17-14(12-15)4-3-10-31-17)34-22(24(30)35-21)25(38)32-13-16-6-8-19(39-2)23(33-16)26(27,28)29/h3-12H,13H2,1-2H3,(H2,30,35)(H,32,38). The first-order valence-electron chi connectivity index (χ1n) is 11.6. The van der Waals surface area contributed by atoms with Crippen LogP contribution < -0.4 is 15.8 Å². The van der Waals surface area contributed by atoms with Gasteiger partial charge in [0.15, 0.2) is 17.2 Å². The van der Waals surface area contributed by atoms with Gasteiger partial charge in [0.2, 0.25) is 0 Å². The number of methoxy groups -OCH3 is 1. The Morgan fingerprint density at radius 1 is 1.08 bits per heavy atom. The highest BCUT2D eigenvalue weighted by Gasteiger charge is 2.36. The van der Waals surface area contributed by atoms with Gasteiger partial charge in [-0.2, -0.15) is 18.3 Å². The number of hydrogen-bond donors (Lipinski definition) is 2. The third-order valence-corrected chi connectivity index (χ3v) is 5.80. The van der Waals surface area contributed by atoms with Crippen molar-refractivity contribution in [3.05, 3.63) is 78.0 Å². The molecular weight excluding hydrogens is 513 g/mol. The number of alkyl halides is 3. The first-order chi connectivity index (χ1) is 18.6. The van der Waals surface area contributed by atoms with Crippen LogP contribution in [-0.4, -0.2) is 42.7 Å². The number of fused-ring (bicyclic) bond motifs is 1. The first-order valence-corrected chi connectivity index (χ1v) is 11.6. The molecule has 198 valence electrons. The molecule has 5 aromatic rings. The molecule has 4 aromatic heterocycles. The Hall–Kier alpha value is -5.07. The van der Waals surface area contributed by atoms with Gasteiger partial charge in [-0.05, 0) is 36.4 Å². The van der Waals surface area contributed by atoms with Gasteiger partial charge in [0.05, 0.1) is 30.6 Å². The average Bonchev–Trinajstić information content (AvgIpc) is 3.36. The lowest BCUT2D eigenvalue weighted by atomic mass is 10.0. The van der Waals surface area contributed by atoms with E-state index in [1.807, 2.05) is 18.2 Å². The van der Waals surface area contributed by atoms with E-state index >= 15 is 0 Å². The van der Waals surface area contributed by atoms with Crippen LogP contribution in [0.3, 0.4) is 0 Å². The number of pyridine rings is 2. The van der Waals surface area contributed by atoms with Crippen molar-refractivity contribution in [2.75, 3.05) is 12.8 Å². The molecule has 0 unspecified atom stereocenters. The molecule has 0 fully saturated rings. The lowest BCUT2D eigenvalue weighted by Crippen LogP contribution is -2.26. The molecule has 3 N–H and O–H groups in total. The number of nitrogens with two attached hydrogens (primary N) is 1. The Kier molecular flexibility index (Phi) is 6.56. The Balaban J connectivity index is 1.51. The van der Waals surface area contributed by atoms with Crippen molar-refractivity contribution in [3.63, 3.8) is 0 Å². The SMILES string of the molecule is COc1ccc(CNC(=O)c2nc(-c3ccc4ncccc4c3)c(-c3ccn(C)n3)nc2N)nc1C(F)(F)F. The second-order valence-electron chi connectivity index (χ2n) is 8.47. The summed E-state index contributed by atoms with van der Waals surface area (Å²) >= 11 is 0. The number of amides is 1. The highest BCUT2D eigenvalue weighted by Crippen LogP contribution is 2.35. The highest BCUT2D eigenvalue weighted by molar-refractivity contribution is 5.98. The van der Waals surface area contributed by atoms with Gasteiger partial charge >= 0.3 is 6.18 Å². The van der Waals surface area contributed by atoms with E-state index in [1.54, 1.807) is 42.3 Å². The van der Waals surface area contributed by atoms with Crippen LogP contribution >= 0.6 is 0 Å². The van der Waals surface area contributed by atoms with E-state index in [0.29, 0.717) is 22.6 Å². The number of benzene rings is 1. The van der Waals surface area contributed by atoms with Crippen LogP contribution in [-0.2, 0) is 19.8 Å². The molecule has 10 nitrogen and oxygen atoms in total. The molecule has 0 saturated heterocycles. The van der Waals surface area contributed by atoms with Gasteiger partial charge in [-0.3, -0.25) is 14.5 Å². The number of aromatic nitrogens is 6. The van der Waals surface area contributed by atoms with Crippen molar-refractivity contribution in [1.29, 1.82) is 0 Å². The summed E-state index contributed by atoms with van der Waals surface area (Å²) in [5.41, 5.74) is 7.33. The zero-order chi connectivity index (χ0) is 27.7. The summed E-state index contributed by atoms with van der Waals surface area (Å²) in [6, 6.07) is 13.4. The van der Waals surface area contributed by atoms with Crippen molar-refractivity contribution in [2.45, 2.75) is 12.7 Å². The first kappa shape index (κ1) is 25.6. The van der Waals surface area contributed by atoms with Gasteiger partial charge in [-0.15, -0.1) is 0 Å². The topological polar surface area (TPSA) is 134 Å². The van der Waals surface area contributed by atoms with Gasteiger partial charge in [0, 0.05) is 30.4 Å². The number of ether oxygens (including phenoxy) is 1. The Labute approximate surface area is 219 Å². The molecule has 1 amide bonds. The minimum absolute atomic E-state index is 0.0321. The van der Waals surface area contributed by atoms with Crippen LogP contribution in [0.2, 0.25) is 0 Å². The Bertz CT molecular complexity index is 1700. The van der Waals surface area contributed by atoms with E-state index in [-0.39, 0.29) is 23.8 Å². The molecule has 0 atom stereocenters. The molecular formula is C26H21F3N8O2. The molecule has 0 aliphatic rings. The van der Waals surface area contributed by atoms with E-state index in [2.05, 4.69) is 30.4 Å². The van der Waals surface area contributed by atoms with Gasteiger partial charge in [-0.25, -0.2) is 15.0 Å². The summed E-state index contributed by atoms with van der Waals surface area (Å²) in [6.45, 7) is -0.313. The Morgan fingerprint density at radius 2 is 1.90 bits per heavy atom. The van der Waals surface area contributed by atoms with Gasteiger partial charge in [0.1, 0.15) is 17.1 Å². The number of carbonyl (C=O) groups excluding carboxylic acids is 1. The van der Waals surface area contributed by atoms with Crippen LogP contribution in [0.1, 0.15) is 21.9 Å². The van der Waals surface area contributed by atoms with Crippen molar-refractivity contribution in [1.82, 2.24) is 35.0 Å². The van der Waals surface area contributed by atoms with Crippen LogP contribution in [0.4, 0.5) is 19.0 Å². The smallest absolute Gasteiger partial charge is 0.437 e. The molecule has 1 aromatic carbocycles. The minimum atomic E-state index is -4.73. The predicted octanol–water partition coefficient (Wildman–Crippen LogP) is 4.03. The number of carbonyl (C=O) groups is 1. The number of anilines is 1. The largest absolute Gasteiger partial charge is 0.494 e. The normalized spacial score (nSPS) is 11.5. The molecule has 0 radical (unpaired) electrons. The summed E-state index contributed by atoms with van der Waals surface area (Å²) in [5, 5.41) is 7.77. The predicted molar refractivity (Wildman–Crippen MR) is 136 cm³/mol. The number of halogens is 3. The maximum atomic E-state index is 13.3. The molecule has 0 saturated carbocycles. The number of nitrogen functional groups attached to an aromatic ring is 1. The number of rotatable bonds is 6. The summed E-state index contributed by atoms with van der Waals surface area (Å²) < 4.78 is 46.4. The third kappa shape index (κ3) is 5.19. The summed E-state index contributed by atoms with van der Waals surface area (Å²) in [4.78, 5) is 30.0. The second kappa shape index (κ2) is 10.0. The molecule has 0 aliphatic heterocycles. The maximum Gasteiger partial charge on any atom is 0.437 e. The maximum absolute atomic E-state index is 13.3. The molecule has 0 aliphatic carbocycles. The lowest BCUT2D eigenvalue weighted by Gasteiger charge is -2.14. The van der Waals surface area contributed by atoms with Crippen LogP contribution in [0, 0.1) is 0 Å². The number of hydrogen-bond acceptors (Lipinski definition) is 8. The zero-order valence-electron chi connectivity index (χ0n) is 20.7. The molecule has 0 bridgehead atoms. The number of nitrogens with zero attached hydrogens (tertiary/aromatic N) is 6. The molecule has 39 heavy (non-hydrogen) atoms. The molecule has 0 spiro atoms. The highest BCUT2D eigenvalue weighted by atomic mass is 19.4. The van der Waals surface area contributed by atoms with E-state index in [1.165, 1.54) is 6.07 Å². The van der Waals surface area contributed by atoms with E-state index in [0.717, 1.165) is 24.1 Å². The van der Waals surface area contributed by atoms with Crippen LogP contribution in [0.25, 0.3) is 33.5 Å². The number of aryl methyl sites for hydroxylation is 1. The van der Waals surface area contributed by atoms with E-state index < -0.39 is 23.5 Å². The monoisotopic (exact) mass is 534 g/mol. The summed E-state index contributed by atoms with van der Waals surface area (Å²) in [7, 11) is 2.87. The summed E-state index contributed by atoms with van der Waals surface area (Å²) in [5.74, 6) is -1.33.